The number of aromatic carboxylic acids is 1. The molecule has 1 fully saturated rings. The smallest absolute Gasteiger partial charge is 0.336 e. The molecule has 0 atom stereocenters. The number of phenols is 1. The van der Waals surface area contributed by atoms with Crippen LogP contribution in [-0.4, -0.2) is 33.7 Å². The average molecular weight is 448 g/mol. The van der Waals surface area contributed by atoms with Crippen LogP contribution in [0.1, 0.15) is 10.4 Å². The largest absolute Gasteiger partial charge is 0.508 e. The highest BCUT2D eigenvalue weighted by Gasteiger charge is 2.21. The van der Waals surface area contributed by atoms with Gasteiger partial charge in [-0.25, -0.2) is 4.79 Å². The first kappa shape index (κ1) is 21.0. The molecular weight excluding hydrogens is 432 g/mol. The number of nitrogens with one attached hydrogen (secondary N) is 2. The fourth-order valence-electron chi connectivity index (χ4n) is 3.41. The number of rotatable bonds is 2. The molecular formula is C23H16N2O6S. The van der Waals surface area contributed by atoms with E-state index < -0.39 is 5.97 Å². The Morgan fingerprint density at radius 2 is 1.78 bits per heavy atom. The van der Waals surface area contributed by atoms with Crippen molar-refractivity contribution < 1.29 is 24.2 Å². The van der Waals surface area contributed by atoms with Gasteiger partial charge in [0.15, 0.2) is 10.5 Å². The zero-order chi connectivity index (χ0) is 22.8. The van der Waals surface area contributed by atoms with Crippen LogP contribution in [0, 0.1) is 0 Å². The topological polar surface area (TPSA) is 129 Å². The third-order valence-electron chi connectivity index (χ3n) is 4.77. The number of carboxylic acids is 1. The fraction of sp³-hybridized carbons (Fsp3) is 0.0435. The van der Waals surface area contributed by atoms with Crippen molar-refractivity contribution >= 4 is 40.2 Å². The molecule has 0 radical (unpaired) electrons. The number of thiocarbonyl (C=S) groups is 1. The van der Waals surface area contributed by atoms with E-state index in [4.69, 9.17) is 4.42 Å². The lowest BCUT2D eigenvalue weighted by atomic mass is 9.91. The monoisotopic (exact) mass is 448 g/mol. The van der Waals surface area contributed by atoms with Gasteiger partial charge in [0.1, 0.15) is 17.1 Å². The molecule has 0 aromatic heterocycles. The SMILES string of the molecule is O=C(O)c1ccccc1-c1c2ccc(=O)cc-2oc2cc(O)ccc12.O=C1CNC(=S)N1. The van der Waals surface area contributed by atoms with E-state index in [1.54, 1.807) is 30.3 Å². The maximum atomic E-state index is 11.7. The minimum absolute atomic E-state index is 0.0198. The van der Waals surface area contributed by atoms with Gasteiger partial charge in [-0.2, -0.15) is 0 Å². The Morgan fingerprint density at radius 3 is 2.44 bits per heavy atom. The van der Waals surface area contributed by atoms with E-state index in [1.807, 2.05) is 0 Å². The number of hydrogen-bond donors (Lipinski definition) is 4. The van der Waals surface area contributed by atoms with E-state index in [2.05, 4.69) is 22.9 Å². The molecule has 9 heteroatoms. The van der Waals surface area contributed by atoms with Gasteiger partial charge in [-0.1, -0.05) is 18.2 Å². The number of carbonyl (C=O) groups excluding carboxylic acids is 1. The van der Waals surface area contributed by atoms with Crippen LogP contribution in [0.4, 0.5) is 0 Å². The minimum Gasteiger partial charge on any atom is -0.508 e. The summed E-state index contributed by atoms with van der Waals surface area (Å²) >= 11 is 4.55. The second kappa shape index (κ2) is 8.48. The van der Waals surface area contributed by atoms with Gasteiger partial charge in [0.2, 0.25) is 5.91 Å². The molecule has 0 bridgehead atoms. The molecule has 0 saturated carbocycles. The van der Waals surface area contributed by atoms with Crippen molar-refractivity contribution in [1.29, 1.82) is 0 Å². The summed E-state index contributed by atoms with van der Waals surface area (Å²) in [4.78, 5) is 33.6. The van der Waals surface area contributed by atoms with Crippen LogP contribution >= 0.6 is 12.2 Å². The first-order valence-electron chi connectivity index (χ1n) is 9.43. The molecule has 1 aliphatic carbocycles. The Balaban J connectivity index is 0.000000300. The second-order valence-corrected chi connectivity index (χ2v) is 7.31. The molecule has 8 nitrogen and oxygen atoms in total. The minimum atomic E-state index is -1.04. The molecule has 2 aliphatic heterocycles. The van der Waals surface area contributed by atoms with E-state index in [1.165, 1.54) is 30.3 Å². The van der Waals surface area contributed by atoms with Crippen molar-refractivity contribution in [2.75, 3.05) is 6.54 Å². The van der Waals surface area contributed by atoms with Crippen LogP contribution in [0.15, 0.2) is 69.9 Å². The Bertz CT molecular complexity index is 1400. The molecule has 160 valence electrons. The van der Waals surface area contributed by atoms with Crippen LogP contribution in [0.5, 0.6) is 5.75 Å². The maximum Gasteiger partial charge on any atom is 0.336 e. The average Bonchev–Trinajstić information content (AvgIpc) is 3.14. The highest BCUT2D eigenvalue weighted by molar-refractivity contribution is 7.80. The molecule has 3 aliphatic rings. The lowest BCUT2D eigenvalue weighted by Crippen LogP contribution is -2.21. The summed E-state index contributed by atoms with van der Waals surface area (Å²) in [5, 5.41) is 25.4. The number of amides is 1. The quantitative estimate of drug-likeness (QED) is 0.272. The number of aromatic hydroxyl groups is 1. The lowest BCUT2D eigenvalue weighted by Gasteiger charge is -2.16. The zero-order valence-corrected chi connectivity index (χ0v) is 17.2. The zero-order valence-electron chi connectivity index (χ0n) is 16.4. The fourth-order valence-corrected chi connectivity index (χ4v) is 3.60. The summed E-state index contributed by atoms with van der Waals surface area (Å²) < 4.78 is 5.76. The summed E-state index contributed by atoms with van der Waals surface area (Å²) in [6.07, 6.45) is 0. The van der Waals surface area contributed by atoms with Crippen molar-refractivity contribution in [2.24, 2.45) is 0 Å². The number of carbonyl (C=O) groups is 2. The molecule has 2 aromatic rings. The van der Waals surface area contributed by atoms with Gasteiger partial charge in [-0.15, -0.1) is 0 Å². The van der Waals surface area contributed by atoms with Crippen LogP contribution in [0.3, 0.4) is 0 Å². The van der Waals surface area contributed by atoms with Crippen LogP contribution in [0.25, 0.3) is 33.4 Å². The van der Waals surface area contributed by atoms with Gasteiger partial charge >= 0.3 is 5.97 Å². The summed E-state index contributed by atoms with van der Waals surface area (Å²) in [5.41, 5.74) is 2.10. The molecule has 1 amide bonds. The number of hydrogen-bond acceptors (Lipinski definition) is 6. The molecule has 4 N–H and O–H groups in total. The van der Waals surface area contributed by atoms with Crippen LogP contribution < -0.4 is 16.1 Å². The summed E-state index contributed by atoms with van der Waals surface area (Å²) in [7, 11) is 0. The predicted octanol–water partition coefficient (Wildman–Crippen LogP) is 2.96. The van der Waals surface area contributed by atoms with Crippen LogP contribution in [-0.2, 0) is 4.79 Å². The molecule has 1 saturated heterocycles. The standard InChI is InChI=1S/C20H12O5.C3H4N2OS/c21-11-5-7-15-17(9-11)25-18-10-12(22)6-8-16(18)19(15)13-3-1-2-4-14(13)20(23)24;6-2-1-4-3(7)5-2/h1-10,21H,(H,23,24);1H2,(H2,4,5,6,7). The first-order chi connectivity index (χ1) is 15.3. The molecule has 32 heavy (non-hydrogen) atoms. The normalized spacial score (nSPS) is 12.8. The molecule has 0 unspecified atom stereocenters. The Kier molecular flexibility index (Phi) is 5.57. The molecule has 2 aromatic carbocycles. The molecule has 2 heterocycles. The number of carboxylic acid groups (broad SMARTS) is 1. The Labute approximate surface area is 186 Å². The van der Waals surface area contributed by atoms with Crippen molar-refractivity contribution in [3.05, 3.63) is 76.5 Å². The number of phenolic OH excluding ortho intramolecular Hbond substituents is 1. The van der Waals surface area contributed by atoms with E-state index in [0.29, 0.717) is 45.1 Å². The predicted molar refractivity (Wildman–Crippen MR) is 122 cm³/mol. The van der Waals surface area contributed by atoms with E-state index >= 15 is 0 Å². The third-order valence-corrected chi connectivity index (χ3v) is 5.01. The molecule has 0 spiro atoms. The van der Waals surface area contributed by atoms with Gasteiger partial charge in [0.05, 0.1) is 12.1 Å². The Hall–Kier alpha value is -4.24. The van der Waals surface area contributed by atoms with E-state index in [9.17, 15) is 24.6 Å². The summed E-state index contributed by atoms with van der Waals surface area (Å²) in [6.45, 7) is 0.332. The maximum absolute atomic E-state index is 11.7. The summed E-state index contributed by atoms with van der Waals surface area (Å²) in [6, 6.07) is 15.7. The van der Waals surface area contributed by atoms with E-state index in [0.717, 1.165) is 0 Å². The summed E-state index contributed by atoms with van der Waals surface area (Å²) in [5.74, 6) is -0.742. The highest BCUT2D eigenvalue weighted by Crippen LogP contribution is 2.41. The number of fused-ring (bicyclic) bond motifs is 2. The van der Waals surface area contributed by atoms with Gasteiger partial charge in [-0.3, -0.25) is 9.59 Å². The van der Waals surface area contributed by atoms with Gasteiger partial charge in [0, 0.05) is 28.6 Å². The van der Waals surface area contributed by atoms with Crippen LogP contribution in [0.2, 0.25) is 0 Å². The second-order valence-electron chi connectivity index (χ2n) is 6.90. The van der Waals surface area contributed by atoms with Gasteiger partial charge in [0.25, 0.3) is 0 Å². The van der Waals surface area contributed by atoms with Crippen molar-refractivity contribution in [3.8, 4) is 28.2 Å². The number of benzene rings is 3. The lowest BCUT2D eigenvalue weighted by molar-refractivity contribution is -0.117. The highest BCUT2D eigenvalue weighted by atomic mass is 32.1. The van der Waals surface area contributed by atoms with Gasteiger partial charge < -0.3 is 25.3 Å². The van der Waals surface area contributed by atoms with Crippen molar-refractivity contribution in [2.45, 2.75) is 0 Å². The first-order valence-corrected chi connectivity index (χ1v) is 9.84. The van der Waals surface area contributed by atoms with Crippen molar-refractivity contribution in [1.82, 2.24) is 10.6 Å². The van der Waals surface area contributed by atoms with E-state index in [-0.39, 0.29) is 22.6 Å². The molecule has 5 rings (SSSR count). The third kappa shape index (κ3) is 4.14. The Morgan fingerprint density at radius 1 is 1.00 bits per heavy atom. The van der Waals surface area contributed by atoms with Crippen molar-refractivity contribution in [3.63, 3.8) is 0 Å². The van der Waals surface area contributed by atoms with Gasteiger partial charge in [-0.05, 0) is 48.1 Å².